The largest absolute Gasteiger partial charge is 0.489 e. The van der Waals surface area contributed by atoms with Crippen molar-refractivity contribution in [3.05, 3.63) is 53.6 Å². The minimum atomic E-state index is -0.103. The molecule has 1 amide bonds. The maximum Gasteiger partial charge on any atom is 0.243 e. The molecular weight excluding hydrogens is 340 g/mol. The average Bonchev–Trinajstić information content (AvgIpc) is 3.19. The topological polar surface area (TPSA) is 59.6 Å². The molecule has 5 nitrogen and oxygen atoms in total. The van der Waals surface area contributed by atoms with Crippen LogP contribution in [0.5, 0.6) is 5.75 Å². The van der Waals surface area contributed by atoms with Gasteiger partial charge in [-0.2, -0.15) is 0 Å². The van der Waals surface area contributed by atoms with Gasteiger partial charge in [0.2, 0.25) is 5.91 Å². The summed E-state index contributed by atoms with van der Waals surface area (Å²) in [5.74, 6) is 0.569. The van der Waals surface area contributed by atoms with Crippen molar-refractivity contribution in [3.8, 4) is 5.75 Å². The van der Waals surface area contributed by atoms with Crippen molar-refractivity contribution >= 4 is 17.3 Å². The van der Waals surface area contributed by atoms with E-state index in [2.05, 4.69) is 23.6 Å². The third-order valence-electron chi connectivity index (χ3n) is 4.78. The van der Waals surface area contributed by atoms with Gasteiger partial charge in [-0.05, 0) is 49.4 Å². The number of benzene rings is 2. The number of aryl methyl sites for hydroxylation is 2. The van der Waals surface area contributed by atoms with Gasteiger partial charge in [0.15, 0.2) is 0 Å². The summed E-state index contributed by atoms with van der Waals surface area (Å²) < 4.78 is 11.5. The molecule has 144 valence electrons. The standard InChI is InChI=1S/C22H28N2O3/c1-3-17-9-6-8-16(2)22(17)23-14-21(25)24-19-11-4-5-12-20(19)27-15-18-10-7-13-26-18/h4-6,8-9,11-12,18,23H,3,7,10,13-15H2,1-2H3,(H,24,25). The number of nitrogens with one attached hydrogen (secondary N) is 2. The summed E-state index contributed by atoms with van der Waals surface area (Å²) in [5, 5.41) is 6.22. The average molecular weight is 368 g/mol. The first kappa shape index (κ1) is 19.2. The lowest BCUT2D eigenvalue weighted by Crippen LogP contribution is -2.23. The molecule has 1 heterocycles. The number of amides is 1. The van der Waals surface area contributed by atoms with Gasteiger partial charge in [-0.25, -0.2) is 0 Å². The Balaban J connectivity index is 1.58. The first-order chi connectivity index (χ1) is 13.2. The van der Waals surface area contributed by atoms with E-state index in [0.29, 0.717) is 18.0 Å². The fourth-order valence-electron chi connectivity index (χ4n) is 3.29. The van der Waals surface area contributed by atoms with Crippen molar-refractivity contribution in [2.75, 3.05) is 30.4 Å². The lowest BCUT2D eigenvalue weighted by atomic mass is 10.1. The molecule has 1 unspecified atom stereocenters. The van der Waals surface area contributed by atoms with E-state index >= 15 is 0 Å². The number of hydrogen-bond acceptors (Lipinski definition) is 4. The van der Waals surface area contributed by atoms with Crippen LogP contribution in [0.4, 0.5) is 11.4 Å². The highest BCUT2D eigenvalue weighted by Crippen LogP contribution is 2.25. The highest BCUT2D eigenvalue weighted by molar-refractivity contribution is 5.95. The summed E-state index contributed by atoms with van der Waals surface area (Å²) in [4.78, 5) is 12.5. The van der Waals surface area contributed by atoms with E-state index in [0.717, 1.165) is 37.1 Å². The number of rotatable bonds is 8. The van der Waals surface area contributed by atoms with Crippen LogP contribution in [0.2, 0.25) is 0 Å². The summed E-state index contributed by atoms with van der Waals surface area (Å²) in [6, 6.07) is 13.7. The Morgan fingerprint density at radius 2 is 2.07 bits per heavy atom. The molecule has 0 radical (unpaired) electrons. The fraction of sp³-hybridized carbons (Fsp3) is 0.409. The van der Waals surface area contributed by atoms with E-state index in [4.69, 9.17) is 9.47 Å². The molecule has 0 spiro atoms. The van der Waals surface area contributed by atoms with Gasteiger partial charge in [-0.15, -0.1) is 0 Å². The van der Waals surface area contributed by atoms with Crippen LogP contribution in [0, 0.1) is 6.92 Å². The summed E-state index contributed by atoms with van der Waals surface area (Å²) in [7, 11) is 0. The van der Waals surface area contributed by atoms with Gasteiger partial charge in [0.25, 0.3) is 0 Å². The first-order valence-electron chi connectivity index (χ1n) is 9.63. The Labute approximate surface area is 161 Å². The number of para-hydroxylation sites is 3. The molecule has 1 atom stereocenters. The molecule has 1 saturated heterocycles. The zero-order valence-corrected chi connectivity index (χ0v) is 16.1. The first-order valence-corrected chi connectivity index (χ1v) is 9.63. The Morgan fingerprint density at radius 1 is 1.22 bits per heavy atom. The highest BCUT2D eigenvalue weighted by atomic mass is 16.5. The molecule has 27 heavy (non-hydrogen) atoms. The highest BCUT2D eigenvalue weighted by Gasteiger charge is 2.17. The quantitative estimate of drug-likeness (QED) is 0.734. The number of carbonyl (C=O) groups excluding carboxylic acids is 1. The Kier molecular flexibility index (Phi) is 6.71. The molecule has 0 aromatic heterocycles. The van der Waals surface area contributed by atoms with Gasteiger partial charge < -0.3 is 20.1 Å². The molecule has 1 aliphatic rings. The van der Waals surface area contributed by atoms with Gasteiger partial charge >= 0.3 is 0 Å². The molecule has 3 rings (SSSR count). The van der Waals surface area contributed by atoms with Crippen molar-refractivity contribution in [2.45, 2.75) is 39.2 Å². The van der Waals surface area contributed by atoms with Crippen molar-refractivity contribution in [2.24, 2.45) is 0 Å². The Morgan fingerprint density at radius 3 is 2.85 bits per heavy atom. The van der Waals surface area contributed by atoms with Crippen LogP contribution in [0.3, 0.4) is 0 Å². The van der Waals surface area contributed by atoms with Gasteiger partial charge in [-0.3, -0.25) is 4.79 Å². The smallest absolute Gasteiger partial charge is 0.243 e. The minimum Gasteiger partial charge on any atom is -0.489 e. The normalized spacial score (nSPS) is 16.1. The van der Waals surface area contributed by atoms with Crippen molar-refractivity contribution < 1.29 is 14.3 Å². The van der Waals surface area contributed by atoms with Crippen molar-refractivity contribution in [1.82, 2.24) is 0 Å². The Hall–Kier alpha value is -2.53. The second-order valence-corrected chi connectivity index (χ2v) is 6.81. The zero-order chi connectivity index (χ0) is 19.1. The number of carbonyl (C=O) groups is 1. The van der Waals surface area contributed by atoms with Gasteiger partial charge in [0.1, 0.15) is 12.4 Å². The number of anilines is 2. The SMILES string of the molecule is CCc1cccc(C)c1NCC(=O)Nc1ccccc1OCC1CCCO1. The Bertz CT molecular complexity index is 770. The van der Waals surface area contributed by atoms with Gasteiger partial charge in [-0.1, -0.05) is 37.3 Å². The molecular formula is C22H28N2O3. The molecule has 2 aromatic carbocycles. The number of ether oxygens (including phenoxy) is 2. The summed E-state index contributed by atoms with van der Waals surface area (Å²) in [6.07, 6.45) is 3.17. The summed E-state index contributed by atoms with van der Waals surface area (Å²) in [5.41, 5.74) is 4.08. The van der Waals surface area contributed by atoms with E-state index in [1.54, 1.807) is 0 Å². The molecule has 2 N–H and O–H groups in total. The zero-order valence-electron chi connectivity index (χ0n) is 16.1. The maximum absolute atomic E-state index is 12.5. The van der Waals surface area contributed by atoms with Crippen LogP contribution in [0.25, 0.3) is 0 Å². The molecule has 0 bridgehead atoms. The van der Waals surface area contributed by atoms with E-state index in [-0.39, 0.29) is 18.6 Å². The molecule has 5 heteroatoms. The third-order valence-corrected chi connectivity index (χ3v) is 4.78. The van der Waals surface area contributed by atoms with E-state index in [1.165, 1.54) is 5.56 Å². The second-order valence-electron chi connectivity index (χ2n) is 6.81. The second kappa shape index (κ2) is 9.42. The summed E-state index contributed by atoms with van der Waals surface area (Å²) >= 11 is 0. The van der Waals surface area contributed by atoms with Crippen LogP contribution < -0.4 is 15.4 Å². The van der Waals surface area contributed by atoms with Gasteiger partial charge in [0.05, 0.1) is 18.3 Å². The molecule has 1 fully saturated rings. The fourth-order valence-corrected chi connectivity index (χ4v) is 3.29. The third kappa shape index (κ3) is 5.23. The van der Waals surface area contributed by atoms with Crippen molar-refractivity contribution in [1.29, 1.82) is 0 Å². The number of hydrogen-bond donors (Lipinski definition) is 2. The molecule has 0 saturated carbocycles. The lowest BCUT2D eigenvalue weighted by molar-refractivity contribution is -0.114. The lowest BCUT2D eigenvalue weighted by Gasteiger charge is -2.16. The van der Waals surface area contributed by atoms with Crippen molar-refractivity contribution in [3.63, 3.8) is 0 Å². The van der Waals surface area contributed by atoms with Crippen LogP contribution in [-0.4, -0.2) is 31.8 Å². The molecule has 2 aromatic rings. The van der Waals surface area contributed by atoms with Crippen LogP contribution in [-0.2, 0) is 16.0 Å². The monoisotopic (exact) mass is 368 g/mol. The molecule has 0 aliphatic carbocycles. The predicted molar refractivity (Wildman–Crippen MR) is 109 cm³/mol. The van der Waals surface area contributed by atoms with Crippen LogP contribution in [0.1, 0.15) is 30.9 Å². The predicted octanol–water partition coefficient (Wildman–Crippen LogP) is 4.17. The summed E-state index contributed by atoms with van der Waals surface area (Å²) in [6.45, 7) is 5.68. The van der Waals surface area contributed by atoms with Gasteiger partial charge in [0, 0.05) is 12.3 Å². The maximum atomic E-state index is 12.5. The van der Waals surface area contributed by atoms with Crippen LogP contribution >= 0.6 is 0 Å². The van der Waals surface area contributed by atoms with E-state index in [9.17, 15) is 4.79 Å². The van der Waals surface area contributed by atoms with E-state index < -0.39 is 0 Å². The van der Waals surface area contributed by atoms with Crippen LogP contribution in [0.15, 0.2) is 42.5 Å². The minimum absolute atomic E-state index is 0.103. The molecule has 1 aliphatic heterocycles. The van der Waals surface area contributed by atoms with E-state index in [1.807, 2.05) is 43.3 Å².